The number of aryl methyl sites for hydroxylation is 1. The first kappa shape index (κ1) is 73.7. The normalized spacial score (nSPS) is 11.5. The Hall–Kier alpha value is -15.5. The van der Waals surface area contributed by atoms with Crippen LogP contribution < -0.4 is 22.2 Å². The molecule has 1 atom stereocenters. The molecular weight excluding hydrogens is 1440 g/mol. The Morgan fingerprint density at radius 2 is 0.687 bits per heavy atom. The van der Waals surface area contributed by atoms with Crippen LogP contribution >= 0.6 is 0 Å². The topological polar surface area (TPSA) is 271 Å². The fourth-order valence-electron chi connectivity index (χ4n) is 14.1. The fourth-order valence-corrected chi connectivity index (χ4v) is 14.1. The van der Waals surface area contributed by atoms with Gasteiger partial charge in [-0.15, -0.1) is 47.4 Å². The van der Waals surface area contributed by atoms with Gasteiger partial charge in [-0.05, 0) is 186 Å². The van der Waals surface area contributed by atoms with Crippen molar-refractivity contribution in [3.63, 3.8) is 0 Å². The van der Waals surface area contributed by atoms with Crippen molar-refractivity contribution < 1.29 is 0 Å². The Morgan fingerprint density at radius 1 is 0.365 bits per heavy atom. The number of allylic oxidation sites excluding steroid dienone is 1. The van der Waals surface area contributed by atoms with Crippen molar-refractivity contribution in [3.05, 3.63) is 347 Å². The van der Waals surface area contributed by atoms with Gasteiger partial charge in [0.05, 0.1) is 22.1 Å². The number of nitrogens with one attached hydrogen (secondary N) is 1. The zero-order valence-corrected chi connectivity index (χ0v) is 62.0. The Labute approximate surface area is 656 Å². The summed E-state index contributed by atoms with van der Waals surface area (Å²) in [5.74, 6) is 3.05. The van der Waals surface area contributed by atoms with Gasteiger partial charge in [0.15, 0.2) is 45.9 Å². The van der Waals surface area contributed by atoms with Gasteiger partial charge in [-0.1, -0.05) is 100 Å². The third-order valence-corrected chi connectivity index (χ3v) is 20.1. The maximum atomic E-state index is 12.5. The van der Waals surface area contributed by atoms with Crippen molar-refractivity contribution in [1.82, 2.24) is 97.0 Å². The Morgan fingerprint density at radius 3 is 1.02 bits per heavy atom. The Balaban J connectivity index is 0.000000115. The van der Waals surface area contributed by atoms with E-state index in [4.69, 9.17) is 0 Å². The van der Waals surface area contributed by atoms with Crippen molar-refractivity contribution in [2.45, 2.75) is 60.2 Å². The maximum Gasteiger partial charge on any atom is 0.251 e. The van der Waals surface area contributed by atoms with E-state index in [1.54, 1.807) is 81.2 Å². The SMILES string of the molecule is C.C=CCn1ccc(-c2ccn3c(-c4ccnc5ccccc45)nnc3c2)cc1=O.CCC(C)n1ccc(-c2ccn3c(-c4ccnc5ccccc45)nnc3c2)cc1=O.CCCn1ccc(-c2ccn3c(-c4ccnc5ccccc45)nnc3c2)cc1=O.O=c1cc(-c2ccn3c(-c4ccnc5ccccc45)nnc3c2)cc[nH]1. The highest BCUT2D eigenvalue weighted by molar-refractivity contribution is 5.96. The number of pyridine rings is 12. The number of aromatic amines is 1. The number of hydrogen-bond acceptors (Lipinski definition) is 16. The summed E-state index contributed by atoms with van der Waals surface area (Å²) in [6.07, 6.45) is 25.6. The zero-order chi connectivity index (χ0) is 77.8. The Bertz CT molecular complexity index is 7290. The molecule has 0 saturated heterocycles. The summed E-state index contributed by atoms with van der Waals surface area (Å²) < 4.78 is 12.9. The lowest BCUT2D eigenvalue weighted by molar-refractivity contribution is 0.514. The molecule has 0 aliphatic heterocycles. The monoisotopic (exact) mass is 1510 g/mol. The van der Waals surface area contributed by atoms with Gasteiger partial charge in [-0.2, -0.15) is 0 Å². The van der Waals surface area contributed by atoms with Crippen LogP contribution in [0.4, 0.5) is 0 Å². The van der Waals surface area contributed by atoms with E-state index < -0.39 is 0 Å². The van der Waals surface area contributed by atoms with E-state index in [0.29, 0.717) is 12.2 Å². The number of para-hydroxylation sites is 4. The highest BCUT2D eigenvalue weighted by atomic mass is 16.1. The fraction of sp³-hybridized carbons (Fsp3) is 0.0989. The predicted molar refractivity (Wildman–Crippen MR) is 452 cm³/mol. The number of H-pyrrole nitrogens is 1. The van der Waals surface area contributed by atoms with Crippen molar-refractivity contribution >= 4 is 66.2 Å². The quantitative estimate of drug-likeness (QED) is 0.0991. The maximum absolute atomic E-state index is 12.5. The van der Waals surface area contributed by atoms with E-state index in [0.717, 1.165) is 170 Å². The molecule has 0 aliphatic rings. The number of fused-ring (bicyclic) bond motifs is 8. The van der Waals surface area contributed by atoms with Gasteiger partial charge in [0.2, 0.25) is 5.56 Å². The third-order valence-electron chi connectivity index (χ3n) is 20.1. The van der Waals surface area contributed by atoms with Crippen LogP contribution in [0.5, 0.6) is 0 Å². The van der Waals surface area contributed by atoms with Crippen molar-refractivity contribution in [2.24, 2.45) is 0 Å². The average molecular weight is 1510 g/mol. The zero-order valence-electron chi connectivity index (χ0n) is 62.0. The van der Waals surface area contributed by atoms with E-state index in [2.05, 4.69) is 86.1 Å². The van der Waals surface area contributed by atoms with Crippen molar-refractivity contribution in [2.75, 3.05) is 0 Å². The highest BCUT2D eigenvalue weighted by Gasteiger charge is 2.19. The second kappa shape index (κ2) is 32.2. The van der Waals surface area contributed by atoms with Crippen LogP contribution in [0.25, 0.3) is 156 Å². The molecule has 16 aromatic heterocycles. The first-order valence-corrected chi connectivity index (χ1v) is 37.1. The van der Waals surface area contributed by atoms with Crippen LogP contribution in [0.1, 0.15) is 47.1 Å². The van der Waals surface area contributed by atoms with Gasteiger partial charge < -0.3 is 18.7 Å². The Kier molecular flexibility index (Phi) is 20.7. The molecule has 115 heavy (non-hydrogen) atoms. The number of rotatable bonds is 14. The first-order chi connectivity index (χ1) is 55.9. The molecule has 16 heterocycles. The van der Waals surface area contributed by atoms with Crippen LogP contribution in [-0.4, -0.2) is 97.0 Å². The highest BCUT2D eigenvalue weighted by Crippen LogP contribution is 2.34. The van der Waals surface area contributed by atoms with E-state index >= 15 is 0 Å². The number of aromatic nitrogens is 20. The summed E-state index contributed by atoms with van der Waals surface area (Å²) in [5.41, 5.74) is 17.5. The molecule has 562 valence electrons. The van der Waals surface area contributed by atoms with Crippen LogP contribution in [0.15, 0.2) is 325 Å². The van der Waals surface area contributed by atoms with Gasteiger partial charge in [-0.3, -0.25) is 56.7 Å². The van der Waals surface area contributed by atoms with Gasteiger partial charge in [0, 0.05) is 162 Å². The van der Waals surface area contributed by atoms with E-state index in [1.807, 2.05) is 256 Å². The lowest BCUT2D eigenvalue weighted by atomic mass is 10.1. The molecule has 0 amide bonds. The van der Waals surface area contributed by atoms with E-state index in [-0.39, 0.29) is 35.7 Å². The minimum atomic E-state index is -0.132. The third kappa shape index (κ3) is 14.7. The molecule has 0 saturated carbocycles. The van der Waals surface area contributed by atoms with Gasteiger partial charge in [-0.25, -0.2) is 0 Å². The standard InChI is InChI=1S/C24H21N5O.C23H19N5O.C23H17N5O.C20H13N5O.CH4/c1-3-16(2)28-12-9-18(15-23(28)30)17-10-13-29-22(14-17)26-27-24(29)20-8-11-25-21-7-5-4-6-19(20)21;2*1-2-11-27-12-8-17(15-22(27)29)16-9-13-28-21(14-16)25-26-23(28)19-7-10-24-20-6-4-3-5-18(19)20;26-19-12-13(5-8-22-19)14-7-10-25-18(11-14)23-24-20(25)16-6-9-21-17-4-2-1-3-15(16)17;/h4-16H,3H2,1-2H3;3-10,12-15H,2,11H2,1H3;2-10,12-15H,1,11H2;1-12H,(H,22,26);1H4. The van der Waals surface area contributed by atoms with E-state index in [9.17, 15) is 19.2 Å². The summed E-state index contributed by atoms with van der Waals surface area (Å²) in [6, 6.07) is 69.9. The molecule has 0 spiro atoms. The largest absolute Gasteiger partial charge is 0.329 e. The summed E-state index contributed by atoms with van der Waals surface area (Å²) in [5, 5.41) is 39.2. The number of hydrogen-bond donors (Lipinski definition) is 1. The van der Waals surface area contributed by atoms with Crippen LogP contribution in [0, 0.1) is 0 Å². The summed E-state index contributed by atoms with van der Waals surface area (Å²) in [4.78, 5) is 68.9. The predicted octanol–water partition coefficient (Wildman–Crippen LogP) is 16.8. The number of benzene rings is 4. The van der Waals surface area contributed by atoms with E-state index in [1.165, 1.54) is 0 Å². The first-order valence-electron chi connectivity index (χ1n) is 37.1. The second-order valence-corrected chi connectivity index (χ2v) is 27.2. The van der Waals surface area contributed by atoms with Crippen molar-refractivity contribution in [3.8, 4) is 90.1 Å². The van der Waals surface area contributed by atoms with Crippen LogP contribution in [0.3, 0.4) is 0 Å². The van der Waals surface area contributed by atoms with Crippen LogP contribution in [-0.2, 0) is 13.1 Å². The molecule has 24 heteroatoms. The molecule has 0 radical (unpaired) electrons. The average Bonchev–Trinajstić information content (AvgIpc) is 1.67. The molecule has 24 nitrogen and oxygen atoms in total. The minimum Gasteiger partial charge on any atom is -0.329 e. The van der Waals surface area contributed by atoms with Gasteiger partial charge in [0.25, 0.3) is 16.7 Å². The summed E-state index contributed by atoms with van der Waals surface area (Å²) >= 11 is 0. The lowest BCUT2D eigenvalue weighted by Crippen LogP contribution is -2.21. The second-order valence-electron chi connectivity index (χ2n) is 27.2. The molecule has 4 aromatic carbocycles. The molecule has 0 fully saturated rings. The molecule has 1 N–H and O–H groups in total. The molecule has 20 aromatic rings. The van der Waals surface area contributed by atoms with Crippen LogP contribution in [0.2, 0.25) is 0 Å². The summed E-state index contributed by atoms with van der Waals surface area (Å²) in [6.45, 7) is 11.1. The smallest absolute Gasteiger partial charge is 0.251 e. The summed E-state index contributed by atoms with van der Waals surface area (Å²) in [7, 11) is 0. The number of nitrogens with zero attached hydrogens (tertiary/aromatic N) is 19. The minimum absolute atomic E-state index is 0. The lowest BCUT2D eigenvalue weighted by Gasteiger charge is -2.13. The van der Waals surface area contributed by atoms with Gasteiger partial charge >= 0.3 is 0 Å². The molecule has 0 bridgehead atoms. The molecule has 1 unspecified atom stereocenters. The molecule has 20 rings (SSSR count). The molecule has 0 aliphatic carbocycles. The van der Waals surface area contributed by atoms with Gasteiger partial charge in [0.1, 0.15) is 0 Å². The molecular formula is C91H74N20O4. The van der Waals surface area contributed by atoms with Crippen molar-refractivity contribution in [1.29, 1.82) is 0 Å².